The molecule has 0 bridgehead atoms. The van der Waals surface area contributed by atoms with Crippen molar-refractivity contribution in [2.24, 2.45) is 0 Å². The first-order valence-corrected chi connectivity index (χ1v) is 6.10. The van der Waals surface area contributed by atoms with Gasteiger partial charge in [-0.25, -0.2) is 0 Å². The van der Waals surface area contributed by atoms with Crippen LogP contribution >= 0.6 is 0 Å². The van der Waals surface area contributed by atoms with Gasteiger partial charge < -0.3 is 14.5 Å². The molecule has 0 fully saturated rings. The predicted octanol–water partition coefficient (Wildman–Crippen LogP) is 2.52. The van der Waals surface area contributed by atoms with Crippen LogP contribution in [0.2, 0.25) is 0 Å². The lowest BCUT2D eigenvalue weighted by Gasteiger charge is -2.07. The van der Waals surface area contributed by atoms with E-state index in [-0.39, 0.29) is 0 Å². The van der Waals surface area contributed by atoms with E-state index in [4.69, 9.17) is 9.15 Å². The zero-order valence-corrected chi connectivity index (χ0v) is 10.2. The smallest absolute Gasteiger partial charge is 0.176 e. The monoisotopic (exact) mass is 231 g/mol. The second kappa shape index (κ2) is 4.08. The summed E-state index contributed by atoms with van der Waals surface area (Å²) in [6, 6.07) is 6.57. The first-order chi connectivity index (χ1) is 8.29. The van der Waals surface area contributed by atoms with Crippen LogP contribution in [0.1, 0.15) is 18.2 Å². The van der Waals surface area contributed by atoms with Gasteiger partial charge in [0.05, 0.1) is 7.11 Å². The molecule has 0 spiro atoms. The number of rotatable bonds is 1. The SMILES string of the molecule is COc1cccc2c3c(oc12)CC(C)NCC3. The zero-order valence-electron chi connectivity index (χ0n) is 10.2. The molecule has 1 aliphatic rings. The molecule has 3 nitrogen and oxygen atoms in total. The highest BCUT2D eigenvalue weighted by Gasteiger charge is 2.20. The number of furan rings is 1. The van der Waals surface area contributed by atoms with Gasteiger partial charge in [-0.2, -0.15) is 0 Å². The van der Waals surface area contributed by atoms with E-state index >= 15 is 0 Å². The van der Waals surface area contributed by atoms with Crippen LogP contribution in [0, 0.1) is 0 Å². The third-order valence-electron chi connectivity index (χ3n) is 3.45. The van der Waals surface area contributed by atoms with E-state index in [0.717, 1.165) is 36.5 Å². The molecule has 2 aromatic rings. The molecule has 0 amide bonds. The summed E-state index contributed by atoms with van der Waals surface area (Å²) in [5.41, 5.74) is 2.24. The number of benzene rings is 1. The van der Waals surface area contributed by atoms with Crippen LogP contribution in [-0.2, 0) is 12.8 Å². The van der Waals surface area contributed by atoms with E-state index in [2.05, 4.69) is 18.3 Å². The van der Waals surface area contributed by atoms with Gasteiger partial charge >= 0.3 is 0 Å². The largest absolute Gasteiger partial charge is 0.493 e. The van der Waals surface area contributed by atoms with Crippen LogP contribution in [0.25, 0.3) is 11.0 Å². The molecule has 2 heterocycles. The Morgan fingerprint density at radius 2 is 2.29 bits per heavy atom. The molecular formula is C14H17NO2. The van der Waals surface area contributed by atoms with Gasteiger partial charge in [0.1, 0.15) is 5.76 Å². The maximum absolute atomic E-state index is 6.00. The van der Waals surface area contributed by atoms with Crippen LogP contribution in [0.4, 0.5) is 0 Å². The molecule has 17 heavy (non-hydrogen) atoms. The Kier molecular flexibility index (Phi) is 2.56. The number of hydrogen-bond acceptors (Lipinski definition) is 3. The Morgan fingerprint density at radius 3 is 3.12 bits per heavy atom. The van der Waals surface area contributed by atoms with Crippen molar-refractivity contribution in [2.45, 2.75) is 25.8 Å². The molecular weight excluding hydrogens is 214 g/mol. The van der Waals surface area contributed by atoms with Crippen LogP contribution in [-0.4, -0.2) is 19.7 Å². The topological polar surface area (TPSA) is 34.4 Å². The van der Waals surface area contributed by atoms with Crippen LogP contribution < -0.4 is 10.1 Å². The fraction of sp³-hybridized carbons (Fsp3) is 0.429. The normalized spacial score (nSPS) is 20.0. The molecule has 1 aromatic carbocycles. The van der Waals surface area contributed by atoms with Crippen molar-refractivity contribution in [3.8, 4) is 5.75 Å². The number of fused-ring (bicyclic) bond motifs is 3. The standard InChI is InChI=1S/C14H17NO2/c1-9-8-13-10(6-7-15-9)11-4-3-5-12(16-2)14(11)17-13/h3-5,9,15H,6-8H2,1-2H3. The summed E-state index contributed by atoms with van der Waals surface area (Å²) in [5.74, 6) is 1.94. The van der Waals surface area contributed by atoms with Crippen LogP contribution in [0.5, 0.6) is 5.75 Å². The minimum atomic E-state index is 0.475. The summed E-state index contributed by atoms with van der Waals surface area (Å²) in [5, 5.41) is 4.68. The highest BCUT2D eigenvalue weighted by atomic mass is 16.5. The molecule has 1 atom stereocenters. The number of hydrogen-bond donors (Lipinski definition) is 1. The van der Waals surface area contributed by atoms with Gasteiger partial charge in [-0.3, -0.25) is 0 Å². The van der Waals surface area contributed by atoms with E-state index in [1.807, 2.05) is 12.1 Å². The minimum Gasteiger partial charge on any atom is -0.493 e. The number of methoxy groups -OCH3 is 1. The molecule has 1 aliphatic heterocycles. The third-order valence-corrected chi connectivity index (χ3v) is 3.45. The lowest BCUT2D eigenvalue weighted by Crippen LogP contribution is -2.27. The minimum absolute atomic E-state index is 0.475. The van der Waals surface area contributed by atoms with Crippen molar-refractivity contribution in [1.82, 2.24) is 5.32 Å². The van der Waals surface area contributed by atoms with Gasteiger partial charge in [0.25, 0.3) is 0 Å². The van der Waals surface area contributed by atoms with E-state index in [1.54, 1.807) is 7.11 Å². The average Bonchev–Trinajstić information content (AvgIpc) is 2.56. The van der Waals surface area contributed by atoms with Gasteiger partial charge in [0.15, 0.2) is 11.3 Å². The van der Waals surface area contributed by atoms with Gasteiger partial charge in [-0.15, -0.1) is 0 Å². The predicted molar refractivity (Wildman–Crippen MR) is 67.6 cm³/mol. The van der Waals surface area contributed by atoms with E-state index in [9.17, 15) is 0 Å². The second-order valence-electron chi connectivity index (χ2n) is 4.65. The number of ether oxygens (including phenoxy) is 1. The van der Waals surface area contributed by atoms with Gasteiger partial charge in [-0.1, -0.05) is 12.1 Å². The lowest BCUT2D eigenvalue weighted by atomic mass is 10.1. The molecule has 1 aromatic heterocycles. The first-order valence-electron chi connectivity index (χ1n) is 6.10. The molecule has 0 aliphatic carbocycles. The quantitative estimate of drug-likeness (QED) is 0.819. The first kappa shape index (κ1) is 10.7. The molecule has 1 unspecified atom stereocenters. The fourth-order valence-electron chi connectivity index (χ4n) is 2.59. The maximum Gasteiger partial charge on any atom is 0.176 e. The summed E-state index contributed by atoms with van der Waals surface area (Å²) in [6.45, 7) is 3.21. The summed E-state index contributed by atoms with van der Waals surface area (Å²) in [7, 11) is 1.69. The number of nitrogens with one attached hydrogen (secondary N) is 1. The molecule has 3 heteroatoms. The summed E-state index contributed by atoms with van der Waals surface area (Å²) in [6.07, 6.45) is 1.98. The number of para-hydroxylation sites is 1. The molecule has 3 rings (SSSR count). The van der Waals surface area contributed by atoms with Crippen LogP contribution in [0.3, 0.4) is 0 Å². The van der Waals surface area contributed by atoms with Crippen molar-refractivity contribution in [3.05, 3.63) is 29.5 Å². The summed E-state index contributed by atoms with van der Waals surface area (Å²) in [4.78, 5) is 0. The highest BCUT2D eigenvalue weighted by Crippen LogP contribution is 2.34. The van der Waals surface area contributed by atoms with E-state index in [0.29, 0.717) is 6.04 Å². The van der Waals surface area contributed by atoms with E-state index in [1.165, 1.54) is 10.9 Å². The molecule has 1 N–H and O–H groups in total. The average molecular weight is 231 g/mol. The Bertz CT molecular complexity index is 544. The Hall–Kier alpha value is -1.48. The van der Waals surface area contributed by atoms with Crippen molar-refractivity contribution in [2.75, 3.05) is 13.7 Å². The van der Waals surface area contributed by atoms with Gasteiger partial charge in [0, 0.05) is 23.4 Å². The zero-order chi connectivity index (χ0) is 11.8. The van der Waals surface area contributed by atoms with Crippen molar-refractivity contribution < 1.29 is 9.15 Å². The lowest BCUT2D eigenvalue weighted by molar-refractivity contribution is 0.405. The van der Waals surface area contributed by atoms with Crippen molar-refractivity contribution in [3.63, 3.8) is 0 Å². The van der Waals surface area contributed by atoms with Gasteiger partial charge in [-0.05, 0) is 26.0 Å². The molecule has 0 saturated carbocycles. The fourth-order valence-corrected chi connectivity index (χ4v) is 2.59. The Labute approximate surface area is 101 Å². The van der Waals surface area contributed by atoms with Gasteiger partial charge in [0.2, 0.25) is 0 Å². The van der Waals surface area contributed by atoms with Crippen molar-refractivity contribution >= 4 is 11.0 Å². The second-order valence-corrected chi connectivity index (χ2v) is 4.65. The Morgan fingerprint density at radius 1 is 1.41 bits per heavy atom. The van der Waals surface area contributed by atoms with Crippen LogP contribution in [0.15, 0.2) is 22.6 Å². The molecule has 0 radical (unpaired) electrons. The maximum atomic E-state index is 6.00. The third kappa shape index (κ3) is 1.71. The Balaban J connectivity index is 2.20. The summed E-state index contributed by atoms with van der Waals surface area (Å²) < 4.78 is 11.4. The highest BCUT2D eigenvalue weighted by molar-refractivity contribution is 5.87. The van der Waals surface area contributed by atoms with E-state index < -0.39 is 0 Å². The summed E-state index contributed by atoms with van der Waals surface area (Å²) >= 11 is 0. The molecule has 0 saturated heterocycles. The van der Waals surface area contributed by atoms with Crippen molar-refractivity contribution in [1.29, 1.82) is 0 Å². The molecule has 90 valence electrons.